The molecule has 0 aliphatic carbocycles. The first kappa shape index (κ1) is 8.79. The Bertz CT molecular complexity index is 462. The van der Waals surface area contributed by atoms with Crippen molar-refractivity contribution in [3.05, 3.63) is 6.20 Å². The molecule has 0 fully saturated rings. The molecule has 1 aliphatic rings. The fourth-order valence-electron chi connectivity index (χ4n) is 1.63. The maximum Gasteiger partial charge on any atom is 0.224 e. The number of nitrogens with zero attached hydrogens (tertiary/aromatic N) is 5. The van der Waals surface area contributed by atoms with Gasteiger partial charge in [-0.05, 0) is 11.6 Å². The highest BCUT2D eigenvalue weighted by atomic mass is 31.0. The summed E-state index contributed by atoms with van der Waals surface area (Å²) in [5.41, 5.74) is 0.737. The molecule has 3 rings (SSSR count). The standard InChI is InChI=1S/C7H10N7P/c15-5-1-2-8-7-9-4(3-14(5)7)6-10-12-13-11-6/h3,5H,1-2,15H2,(H,8,9)(H,10,11,12,13). The number of imidazole rings is 1. The monoisotopic (exact) mass is 223 g/mol. The summed E-state index contributed by atoms with van der Waals surface area (Å²) in [6.07, 6.45) is 3.00. The first-order valence-electron chi connectivity index (χ1n) is 4.67. The first-order valence-corrected chi connectivity index (χ1v) is 5.33. The van der Waals surface area contributed by atoms with Crippen LogP contribution >= 0.6 is 9.24 Å². The maximum atomic E-state index is 4.40. The van der Waals surface area contributed by atoms with Gasteiger partial charge in [-0.25, -0.2) is 4.98 Å². The van der Waals surface area contributed by atoms with E-state index in [2.05, 4.69) is 44.7 Å². The summed E-state index contributed by atoms with van der Waals surface area (Å²) in [6, 6.07) is 0. The Hall–Kier alpha value is -1.49. The van der Waals surface area contributed by atoms with Gasteiger partial charge in [-0.1, -0.05) is 0 Å². The van der Waals surface area contributed by atoms with Crippen LogP contribution in [0.2, 0.25) is 0 Å². The second kappa shape index (κ2) is 3.27. The van der Waals surface area contributed by atoms with E-state index in [-0.39, 0.29) is 0 Å². The minimum Gasteiger partial charge on any atom is -0.356 e. The fourth-order valence-corrected chi connectivity index (χ4v) is 2.02. The van der Waals surface area contributed by atoms with Gasteiger partial charge >= 0.3 is 0 Å². The molecule has 0 spiro atoms. The molecular weight excluding hydrogens is 213 g/mol. The Morgan fingerprint density at radius 3 is 3.20 bits per heavy atom. The van der Waals surface area contributed by atoms with Crippen LogP contribution in [0.4, 0.5) is 5.95 Å². The van der Waals surface area contributed by atoms with E-state index < -0.39 is 0 Å². The zero-order valence-corrected chi connectivity index (χ0v) is 9.04. The van der Waals surface area contributed by atoms with E-state index in [0.717, 1.165) is 24.6 Å². The number of nitrogens with one attached hydrogen (secondary N) is 2. The van der Waals surface area contributed by atoms with Crippen LogP contribution in [0.3, 0.4) is 0 Å². The van der Waals surface area contributed by atoms with Crippen molar-refractivity contribution in [3.8, 4) is 11.5 Å². The number of aromatic nitrogens is 6. The molecule has 0 saturated heterocycles. The first-order chi connectivity index (χ1) is 7.34. The summed E-state index contributed by atoms with van der Waals surface area (Å²) in [4.78, 5) is 4.40. The lowest BCUT2D eigenvalue weighted by molar-refractivity contribution is 0.609. The molecule has 78 valence electrons. The van der Waals surface area contributed by atoms with E-state index in [4.69, 9.17) is 0 Å². The van der Waals surface area contributed by atoms with Crippen LogP contribution in [0.25, 0.3) is 11.5 Å². The van der Waals surface area contributed by atoms with Crippen molar-refractivity contribution in [1.82, 2.24) is 30.2 Å². The number of tetrazole rings is 1. The molecule has 0 amide bonds. The van der Waals surface area contributed by atoms with Crippen LogP contribution in [-0.2, 0) is 0 Å². The van der Waals surface area contributed by atoms with Gasteiger partial charge in [0.2, 0.25) is 11.8 Å². The third kappa shape index (κ3) is 1.39. The average Bonchev–Trinajstić information content (AvgIpc) is 2.86. The maximum absolute atomic E-state index is 4.40. The second-order valence-electron chi connectivity index (χ2n) is 3.38. The summed E-state index contributed by atoms with van der Waals surface area (Å²) in [7, 11) is 2.80. The van der Waals surface area contributed by atoms with Gasteiger partial charge in [0.05, 0.1) is 5.78 Å². The van der Waals surface area contributed by atoms with E-state index >= 15 is 0 Å². The molecule has 8 heteroatoms. The lowest BCUT2D eigenvalue weighted by Gasteiger charge is -2.21. The molecule has 7 nitrogen and oxygen atoms in total. The van der Waals surface area contributed by atoms with Crippen molar-refractivity contribution in [2.24, 2.45) is 0 Å². The van der Waals surface area contributed by atoms with Crippen LogP contribution in [0.1, 0.15) is 12.2 Å². The van der Waals surface area contributed by atoms with Gasteiger partial charge in [-0.15, -0.1) is 19.4 Å². The Morgan fingerprint density at radius 2 is 2.47 bits per heavy atom. The Morgan fingerprint density at radius 1 is 1.53 bits per heavy atom. The van der Waals surface area contributed by atoms with Gasteiger partial charge in [-0.3, -0.25) is 0 Å². The Kier molecular flexibility index (Phi) is 1.92. The molecule has 15 heavy (non-hydrogen) atoms. The molecule has 0 aromatic carbocycles. The SMILES string of the molecule is PC1CCNc2nc(-c3nn[nH]n3)cn21. The summed E-state index contributed by atoms with van der Waals surface area (Å²) < 4.78 is 2.07. The smallest absolute Gasteiger partial charge is 0.224 e. The number of rotatable bonds is 1. The fraction of sp³-hybridized carbons (Fsp3) is 0.429. The molecule has 2 unspecified atom stereocenters. The van der Waals surface area contributed by atoms with Gasteiger partial charge in [-0.2, -0.15) is 5.21 Å². The number of H-pyrrole nitrogens is 1. The number of anilines is 1. The van der Waals surface area contributed by atoms with Gasteiger partial charge in [0.1, 0.15) is 5.69 Å². The van der Waals surface area contributed by atoms with Crippen molar-refractivity contribution in [2.75, 3.05) is 11.9 Å². The van der Waals surface area contributed by atoms with Crippen LogP contribution in [0, 0.1) is 0 Å². The van der Waals surface area contributed by atoms with E-state index in [1.165, 1.54) is 0 Å². The summed E-state index contributed by atoms with van der Waals surface area (Å²) >= 11 is 0. The lowest BCUT2D eigenvalue weighted by Crippen LogP contribution is -2.18. The predicted molar refractivity (Wildman–Crippen MR) is 57.3 cm³/mol. The van der Waals surface area contributed by atoms with E-state index in [1.807, 2.05) is 6.20 Å². The molecule has 2 aromatic heterocycles. The summed E-state index contributed by atoms with van der Waals surface area (Å²) in [5, 5.41) is 16.9. The third-order valence-corrected chi connectivity index (χ3v) is 3.04. The largest absolute Gasteiger partial charge is 0.356 e. The van der Waals surface area contributed by atoms with Gasteiger partial charge in [0, 0.05) is 12.7 Å². The highest BCUT2D eigenvalue weighted by Crippen LogP contribution is 2.30. The predicted octanol–water partition coefficient (Wildman–Crippen LogP) is 0.252. The lowest BCUT2D eigenvalue weighted by atomic mass is 10.3. The number of aromatic amines is 1. The zero-order chi connectivity index (χ0) is 10.3. The van der Waals surface area contributed by atoms with Crippen molar-refractivity contribution >= 4 is 15.2 Å². The third-order valence-electron chi connectivity index (χ3n) is 2.39. The van der Waals surface area contributed by atoms with Crippen molar-refractivity contribution in [2.45, 2.75) is 12.2 Å². The normalized spacial score (nSPS) is 19.7. The molecule has 0 saturated carbocycles. The zero-order valence-electron chi connectivity index (χ0n) is 7.88. The molecule has 2 N–H and O–H groups in total. The van der Waals surface area contributed by atoms with Crippen LogP contribution in [0.15, 0.2) is 6.20 Å². The van der Waals surface area contributed by atoms with Gasteiger partial charge < -0.3 is 9.88 Å². The van der Waals surface area contributed by atoms with Crippen LogP contribution < -0.4 is 5.32 Å². The van der Waals surface area contributed by atoms with E-state index in [0.29, 0.717) is 11.6 Å². The molecule has 3 heterocycles. The molecule has 1 aliphatic heterocycles. The quantitative estimate of drug-likeness (QED) is 0.677. The van der Waals surface area contributed by atoms with E-state index in [1.54, 1.807) is 0 Å². The van der Waals surface area contributed by atoms with Gasteiger partial charge in [0.25, 0.3) is 0 Å². The topological polar surface area (TPSA) is 84.3 Å². The highest BCUT2D eigenvalue weighted by molar-refractivity contribution is 7.16. The molecule has 2 aromatic rings. The van der Waals surface area contributed by atoms with Crippen LogP contribution in [-0.4, -0.2) is 36.7 Å². The Labute approximate surface area is 87.9 Å². The number of hydrogen-bond acceptors (Lipinski definition) is 5. The van der Waals surface area contributed by atoms with Crippen molar-refractivity contribution < 1.29 is 0 Å². The van der Waals surface area contributed by atoms with Crippen molar-refractivity contribution in [1.29, 1.82) is 0 Å². The summed E-state index contributed by atoms with van der Waals surface area (Å²) in [5.74, 6) is 1.77. The molecule has 0 radical (unpaired) electrons. The van der Waals surface area contributed by atoms with Crippen molar-refractivity contribution in [3.63, 3.8) is 0 Å². The number of hydrogen-bond donors (Lipinski definition) is 2. The van der Waals surface area contributed by atoms with E-state index in [9.17, 15) is 0 Å². The average molecular weight is 223 g/mol. The number of fused-ring (bicyclic) bond motifs is 1. The minimum absolute atomic E-state index is 0.384. The second-order valence-corrected chi connectivity index (χ2v) is 4.14. The highest BCUT2D eigenvalue weighted by Gasteiger charge is 2.19. The Balaban J connectivity index is 2.06. The summed E-state index contributed by atoms with van der Waals surface area (Å²) in [6.45, 7) is 0.941. The minimum atomic E-state index is 0.384. The molecule has 0 bridgehead atoms. The molecular formula is C7H10N7P. The molecule has 2 atom stereocenters. The van der Waals surface area contributed by atoms with Crippen LogP contribution in [0.5, 0.6) is 0 Å². The van der Waals surface area contributed by atoms with Gasteiger partial charge in [0.15, 0.2) is 0 Å².